The molecule has 0 aliphatic carbocycles. The van der Waals surface area contributed by atoms with Crippen molar-refractivity contribution in [3.63, 3.8) is 0 Å². The maximum atomic E-state index is 14.0. The first-order valence-electron chi connectivity index (χ1n) is 7.20. The van der Waals surface area contributed by atoms with Crippen molar-refractivity contribution >= 4 is 0 Å². The van der Waals surface area contributed by atoms with Crippen LogP contribution in [0.25, 0.3) is 0 Å². The highest BCUT2D eigenvalue weighted by Gasteiger charge is 2.29. The number of furan rings is 1. The van der Waals surface area contributed by atoms with E-state index >= 15 is 0 Å². The fourth-order valence-electron chi connectivity index (χ4n) is 2.72. The van der Waals surface area contributed by atoms with E-state index in [1.807, 2.05) is 52.1 Å². The highest BCUT2D eigenvalue weighted by atomic mass is 19.1. The fourth-order valence-corrected chi connectivity index (χ4v) is 2.72. The SMILES string of the molecule is Cc1ccc(C(C(C)N)N(C)C(C)c2ccccc2F)o1. The van der Waals surface area contributed by atoms with Crippen LogP contribution in [0.5, 0.6) is 0 Å². The van der Waals surface area contributed by atoms with Crippen LogP contribution in [0, 0.1) is 12.7 Å². The molecule has 21 heavy (non-hydrogen) atoms. The molecule has 114 valence electrons. The van der Waals surface area contributed by atoms with Gasteiger partial charge in [0.1, 0.15) is 17.3 Å². The topological polar surface area (TPSA) is 42.4 Å². The number of likely N-dealkylation sites (N-methyl/N-ethyl adjacent to an activating group) is 1. The first kappa shape index (κ1) is 15.7. The van der Waals surface area contributed by atoms with Gasteiger partial charge in [0.15, 0.2) is 0 Å². The second-order valence-electron chi connectivity index (χ2n) is 5.62. The van der Waals surface area contributed by atoms with Gasteiger partial charge < -0.3 is 10.2 Å². The quantitative estimate of drug-likeness (QED) is 0.910. The molecule has 0 aliphatic rings. The minimum Gasteiger partial charge on any atom is -0.465 e. The summed E-state index contributed by atoms with van der Waals surface area (Å²) in [7, 11) is 1.95. The average molecular weight is 290 g/mol. The van der Waals surface area contributed by atoms with Crippen LogP contribution in [0.3, 0.4) is 0 Å². The molecule has 3 atom stereocenters. The number of hydrogen-bond acceptors (Lipinski definition) is 3. The molecule has 4 heteroatoms. The summed E-state index contributed by atoms with van der Waals surface area (Å²) < 4.78 is 19.7. The van der Waals surface area contributed by atoms with Crippen LogP contribution in [0.4, 0.5) is 4.39 Å². The van der Waals surface area contributed by atoms with Crippen LogP contribution >= 0.6 is 0 Å². The molecular weight excluding hydrogens is 267 g/mol. The fraction of sp³-hybridized carbons (Fsp3) is 0.412. The maximum absolute atomic E-state index is 14.0. The predicted molar refractivity (Wildman–Crippen MR) is 82.4 cm³/mol. The molecule has 1 aromatic carbocycles. The van der Waals surface area contributed by atoms with Gasteiger partial charge in [-0.15, -0.1) is 0 Å². The molecule has 2 rings (SSSR count). The van der Waals surface area contributed by atoms with E-state index in [0.29, 0.717) is 5.56 Å². The normalized spacial score (nSPS) is 16.0. The Balaban J connectivity index is 2.31. The van der Waals surface area contributed by atoms with E-state index in [1.54, 1.807) is 6.07 Å². The Bertz CT molecular complexity index is 594. The minimum absolute atomic E-state index is 0.103. The summed E-state index contributed by atoms with van der Waals surface area (Å²) >= 11 is 0. The van der Waals surface area contributed by atoms with Gasteiger partial charge in [-0.05, 0) is 46.0 Å². The zero-order valence-corrected chi connectivity index (χ0v) is 13.0. The lowest BCUT2D eigenvalue weighted by atomic mass is 10.0. The van der Waals surface area contributed by atoms with E-state index in [1.165, 1.54) is 6.07 Å². The Labute approximate surface area is 125 Å². The largest absolute Gasteiger partial charge is 0.465 e. The second kappa shape index (κ2) is 6.41. The van der Waals surface area contributed by atoms with Crippen molar-refractivity contribution in [1.82, 2.24) is 4.90 Å². The third kappa shape index (κ3) is 3.34. The van der Waals surface area contributed by atoms with Gasteiger partial charge in [-0.3, -0.25) is 4.90 Å². The molecule has 2 aromatic rings. The van der Waals surface area contributed by atoms with E-state index in [4.69, 9.17) is 10.2 Å². The van der Waals surface area contributed by atoms with Gasteiger partial charge in [-0.2, -0.15) is 0 Å². The van der Waals surface area contributed by atoms with Crippen LogP contribution < -0.4 is 5.73 Å². The van der Waals surface area contributed by atoms with Gasteiger partial charge >= 0.3 is 0 Å². The van der Waals surface area contributed by atoms with Crippen LogP contribution in [-0.2, 0) is 0 Å². The number of halogens is 1. The smallest absolute Gasteiger partial charge is 0.127 e. The number of benzene rings is 1. The van der Waals surface area contributed by atoms with Crippen molar-refractivity contribution in [3.05, 3.63) is 59.3 Å². The highest BCUT2D eigenvalue weighted by molar-refractivity contribution is 5.22. The van der Waals surface area contributed by atoms with E-state index in [2.05, 4.69) is 4.90 Å². The molecule has 3 nitrogen and oxygen atoms in total. The molecule has 0 spiro atoms. The molecule has 0 bridgehead atoms. The van der Waals surface area contributed by atoms with Crippen LogP contribution in [-0.4, -0.2) is 18.0 Å². The Kier molecular flexibility index (Phi) is 4.80. The second-order valence-corrected chi connectivity index (χ2v) is 5.62. The maximum Gasteiger partial charge on any atom is 0.127 e. The van der Waals surface area contributed by atoms with Gasteiger partial charge in [0, 0.05) is 17.6 Å². The molecule has 2 N–H and O–H groups in total. The molecule has 0 saturated heterocycles. The summed E-state index contributed by atoms with van der Waals surface area (Å²) in [5.74, 6) is 1.46. The lowest BCUT2D eigenvalue weighted by Crippen LogP contribution is -2.38. The van der Waals surface area contributed by atoms with Crippen molar-refractivity contribution in [2.45, 2.75) is 38.9 Å². The molecule has 0 amide bonds. The number of hydrogen-bond donors (Lipinski definition) is 1. The standard InChI is InChI=1S/C17H23FN2O/c1-11-9-10-16(21-11)17(12(2)19)20(4)13(3)14-7-5-6-8-15(14)18/h5-10,12-13,17H,19H2,1-4H3. The highest BCUT2D eigenvalue weighted by Crippen LogP contribution is 2.32. The van der Waals surface area contributed by atoms with Crippen molar-refractivity contribution in [1.29, 1.82) is 0 Å². The number of rotatable bonds is 5. The van der Waals surface area contributed by atoms with Gasteiger partial charge in [0.05, 0.1) is 6.04 Å². The third-order valence-corrected chi connectivity index (χ3v) is 3.96. The number of aryl methyl sites for hydroxylation is 1. The molecule has 1 heterocycles. The lowest BCUT2D eigenvalue weighted by molar-refractivity contribution is 0.142. The van der Waals surface area contributed by atoms with E-state index in [-0.39, 0.29) is 23.9 Å². The summed E-state index contributed by atoms with van der Waals surface area (Å²) in [6, 6.07) is 10.4. The number of nitrogens with zero attached hydrogens (tertiary/aromatic N) is 1. The molecule has 0 radical (unpaired) electrons. The van der Waals surface area contributed by atoms with Gasteiger partial charge in [0.2, 0.25) is 0 Å². The first-order chi connectivity index (χ1) is 9.91. The van der Waals surface area contributed by atoms with Gasteiger partial charge in [-0.25, -0.2) is 4.39 Å². The summed E-state index contributed by atoms with van der Waals surface area (Å²) in [4.78, 5) is 2.06. The molecule has 0 saturated carbocycles. The minimum atomic E-state index is -0.198. The molecule has 1 aromatic heterocycles. The van der Waals surface area contributed by atoms with Gasteiger partial charge in [0.25, 0.3) is 0 Å². The van der Waals surface area contributed by atoms with Crippen molar-refractivity contribution in [2.24, 2.45) is 5.73 Å². The Morgan fingerprint density at radius 2 is 1.81 bits per heavy atom. The van der Waals surface area contributed by atoms with E-state index < -0.39 is 0 Å². The summed E-state index contributed by atoms with van der Waals surface area (Å²) in [6.45, 7) is 5.82. The monoisotopic (exact) mass is 290 g/mol. The van der Waals surface area contributed by atoms with Crippen molar-refractivity contribution in [2.75, 3.05) is 7.05 Å². The Morgan fingerprint density at radius 3 is 2.33 bits per heavy atom. The van der Waals surface area contributed by atoms with Gasteiger partial charge in [-0.1, -0.05) is 18.2 Å². The summed E-state index contributed by atoms with van der Waals surface area (Å²) in [5, 5.41) is 0. The van der Waals surface area contributed by atoms with Crippen LogP contribution in [0.15, 0.2) is 40.8 Å². The molecule has 3 unspecified atom stereocenters. The third-order valence-electron chi connectivity index (χ3n) is 3.96. The molecule has 0 fully saturated rings. The summed E-state index contributed by atoms with van der Waals surface area (Å²) in [6.07, 6.45) is 0. The Hall–Kier alpha value is -1.65. The van der Waals surface area contributed by atoms with Crippen molar-refractivity contribution < 1.29 is 8.81 Å². The molecular formula is C17H23FN2O. The van der Waals surface area contributed by atoms with Crippen LogP contribution in [0.2, 0.25) is 0 Å². The van der Waals surface area contributed by atoms with E-state index in [0.717, 1.165) is 11.5 Å². The van der Waals surface area contributed by atoms with Crippen LogP contribution in [0.1, 0.15) is 43.0 Å². The molecule has 0 aliphatic heterocycles. The lowest BCUT2D eigenvalue weighted by Gasteiger charge is -2.34. The number of nitrogens with two attached hydrogens (primary N) is 1. The first-order valence-corrected chi connectivity index (χ1v) is 7.20. The van der Waals surface area contributed by atoms with E-state index in [9.17, 15) is 4.39 Å². The zero-order valence-electron chi connectivity index (χ0n) is 13.0. The predicted octanol–water partition coefficient (Wildman–Crippen LogP) is 3.81. The van der Waals surface area contributed by atoms with Crippen molar-refractivity contribution in [3.8, 4) is 0 Å². The summed E-state index contributed by atoms with van der Waals surface area (Å²) in [5.41, 5.74) is 6.80. The Morgan fingerprint density at radius 1 is 1.14 bits per heavy atom. The zero-order chi connectivity index (χ0) is 15.6. The average Bonchev–Trinajstić information content (AvgIpc) is 2.84.